The minimum atomic E-state index is -1.05. The second-order valence-electron chi connectivity index (χ2n) is 5.41. The molecule has 24 heavy (non-hydrogen) atoms. The molecule has 7 heteroatoms. The van der Waals surface area contributed by atoms with Crippen LogP contribution in [0.1, 0.15) is 44.3 Å². The number of aliphatic hydroxyl groups excluding tert-OH is 1. The summed E-state index contributed by atoms with van der Waals surface area (Å²) in [6.45, 7) is 1.85. The van der Waals surface area contributed by atoms with Crippen molar-refractivity contribution >= 4 is 11.9 Å². The molecule has 1 aromatic carbocycles. The van der Waals surface area contributed by atoms with Gasteiger partial charge in [0.1, 0.15) is 17.5 Å². The Bertz CT molecular complexity index is 560. The Labute approximate surface area is 141 Å². The average Bonchev–Trinajstić information content (AvgIpc) is 2.58. The maximum Gasteiger partial charge on any atom is 0.326 e. The standard InChI is InChI=1S/C17H25NO6/c1-4-5-13(17(21)22)18-16(20)9-8-14(19)12-7-6-11(23-2)10-15(12)24-3/h6-7,10,13-14,19H,4-5,8-9H2,1-3H3,(H,18,20)(H,21,22). The van der Waals surface area contributed by atoms with Gasteiger partial charge in [0.25, 0.3) is 0 Å². The molecule has 0 fully saturated rings. The molecule has 7 nitrogen and oxygen atoms in total. The van der Waals surface area contributed by atoms with Crippen LogP contribution in [0, 0.1) is 0 Å². The molecule has 1 amide bonds. The summed E-state index contributed by atoms with van der Waals surface area (Å²) in [5.41, 5.74) is 0.550. The molecule has 0 aliphatic carbocycles. The highest BCUT2D eigenvalue weighted by atomic mass is 16.5. The molecular weight excluding hydrogens is 314 g/mol. The van der Waals surface area contributed by atoms with Crippen molar-refractivity contribution in [1.82, 2.24) is 5.32 Å². The van der Waals surface area contributed by atoms with Crippen molar-refractivity contribution in [1.29, 1.82) is 0 Å². The maximum atomic E-state index is 11.9. The number of amides is 1. The Morgan fingerprint density at radius 1 is 1.21 bits per heavy atom. The van der Waals surface area contributed by atoms with Crippen molar-refractivity contribution < 1.29 is 29.3 Å². The number of benzene rings is 1. The van der Waals surface area contributed by atoms with E-state index < -0.39 is 24.0 Å². The fraction of sp³-hybridized carbons (Fsp3) is 0.529. The number of hydrogen-bond acceptors (Lipinski definition) is 5. The number of aliphatic carboxylic acids is 1. The number of methoxy groups -OCH3 is 2. The molecule has 0 aliphatic rings. The molecule has 1 aromatic rings. The van der Waals surface area contributed by atoms with Gasteiger partial charge >= 0.3 is 5.97 Å². The molecule has 0 saturated carbocycles. The Morgan fingerprint density at radius 2 is 1.92 bits per heavy atom. The second kappa shape index (κ2) is 9.77. The minimum absolute atomic E-state index is 0.0177. The van der Waals surface area contributed by atoms with Crippen LogP contribution in [0.5, 0.6) is 11.5 Å². The number of carboxylic acid groups (broad SMARTS) is 1. The monoisotopic (exact) mass is 339 g/mol. The fourth-order valence-corrected chi connectivity index (χ4v) is 2.33. The Hall–Kier alpha value is -2.28. The number of ether oxygens (including phenoxy) is 2. The van der Waals surface area contributed by atoms with Gasteiger partial charge in [0.05, 0.1) is 20.3 Å². The van der Waals surface area contributed by atoms with Crippen molar-refractivity contribution in [2.45, 2.75) is 44.8 Å². The van der Waals surface area contributed by atoms with E-state index in [1.807, 2.05) is 6.92 Å². The number of nitrogens with one attached hydrogen (secondary N) is 1. The molecule has 0 spiro atoms. The normalized spacial score (nSPS) is 13.0. The Kier molecular flexibility index (Phi) is 8.05. The molecule has 2 atom stereocenters. The highest BCUT2D eigenvalue weighted by molar-refractivity contribution is 5.83. The maximum absolute atomic E-state index is 11.9. The van der Waals surface area contributed by atoms with Crippen molar-refractivity contribution in [2.75, 3.05) is 14.2 Å². The largest absolute Gasteiger partial charge is 0.497 e. The van der Waals surface area contributed by atoms with Crippen molar-refractivity contribution in [3.63, 3.8) is 0 Å². The second-order valence-corrected chi connectivity index (χ2v) is 5.41. The van der Waals surface area contributed by atoms with Gasteiger partial charge < -0.3 is 25.0 Å². The van der Waals surface area contributed by atoms with E-state index in [9.17, 15) is 14.7 Å². The molecule has 0 aromatic heterocycles. The zero-order chi connectivity index (χ0) is 18.1. The van der Waals surface area contributed by atoms with Gasteiger partial charge in [0, 0.05) is 18.1 Å². The van der Waals surface area contributed by atoms with Crippen molar-refractivity contribution in [3.05, 3.63) is 23.8 Å². The van der Waals surface area contributed by atoms with E-state index in [-0.39, 0.29) is 12.8 Å². The molecular formula is C17H25NO6. The molecule has 0 radical (unpaired) electrons. The lowest BCUT2D eigenvalue weighted by Crippen LogP contribution is -2.40. The molecule has 0 aliphatic heterocycles. The summed E-state index contributed by atoms with van der Waals surface area (Å²) in [6.07, 6.45) is 0.307. The molecule has 0 saturated heterocycles. The first-order valence-electron chi connectivity index (χ1n) is 7.85. The lowest BCUT2D eigenvalue weighted by Gasteiger charge is -2.17. The molecule has 1 rings (SSSR count). The lowest BCUT2D eigenvalue weighted by atomic mass is 10.0. The van der Waals surface area contributed by atoms with Gasteiger partial charge in [0.2, 0.25) is 5.91 Å². The zero-order valence-corrected chi connectivity index (χ0v) is 14.2. The van der Waals surface area contributed by atoms with E-state index in [0.29, 0.717) is 29.9 Å². The van der Waals surface area contributed by atoms with Crippen LogP contribution < -0.4 is 14.8 Å². The number of carbonyl (C=O) groups is 2. The van der Waals surface area contributed by atoms with Gasteiger partial charge in [-0.15, -0.1) is 0 Å². The third-order valence-corrected chi connectivity index (χ3v) is 3.66. The topological polar surface area (TPSA) is 105 Å². The highest BCUT2D eigenvalue weighted by Gasteiger charge is 2.20. The van der Waals surface area contributed by atoms with Crippen LogP contribution in [0.4, 0.5) is 0 Å². The summed E-state index contributed by atoms with van der Waals surface area (Å²) >= 11 is 0. The highest BCUT2D eigenvalue weighted by Crippen LogP contribution is 2.31. The van der Waals surface area contributed by atoms with Gasteiger partial charge in [-0.05, 0) is 25.0 Å². The van der Waals surface area contributed by atoms with Gasteiger partial charge in [-0.25, -0.2) is 4.79 Å². The van der Waals surface area contributed by atoms with Crippen molar-refractivity contribution in [2.24, 2.45) is 0 Å². The van der Waals surface area contributed by atoms with E-state index in [1.54, 1.807) is 18.2 Å². The Morgan fingerprint density at radius 3 is 2.46 bits per heavy atom. The van der Waals surface area contributed by atoms with Gasteiger partial charge in [0.15, 0.2) is 0 Å². The van der Waals surface area contributed by atoms with Crippen LogP contribution in [-0.2, 0) is 9.59 Å². The van der Waals surface area contributed by atoms with E-state index in [1.165, 1.54) is 14.2 Å². The SMILES string of the molecule is CCCC(NC(=O)CCC(O)c1ccc(OC)cc1OC)C(=O)O. The van der Waals surface area contributed by atoms with E-state index in [4.69, 9.17) is 14.6 Å². The molecule has 134 valence electrons. The predicted octanol–water partition coefficient (Wildman–Crippen LogP) is 1.89. The average molecular weight is 339 g/mol. The van der Waals surface area contributed by atoms with Gasteiger partial charge in [-0.3, -0.25) is 4.79 Å². The van der Waals surface area contributed by atoms with E-state index >= 15 is 0 Å². The van der Waals surface area contributed by atoms with E-state index in [0.717, 1.165) is 0 Å². The van der Waals surface area contributed by atoms with Crippen LogP contribution in [0.3, 0.4) is 0 Å². The Balaban J connectivity index is 2.63. The summed E-state index contributed by atoms with van der Waals surface area (Å²) < 4.78 is 10.3. The van der Waals surface area contributed by atoms with Gasteiger partial charge in [-0.2, -0.15) is 0 Å². The van der Waals surface area contributed by atoms with Crippen LogP contribution in [0.25, 0.3) is 0 Å². The predicted molar refractivity (Wildman–Crippen MR) is 88.2 cm³/mol. The summed E-state index contributed by atoms with van der Waals surface area (Å²) in [4.78, 5) is 22.9. The molecule has 0 bridgehead atoms. The molecule has 0 heterocycles. The van der Waals surface area contributed by atoms with Gasteiger partial charge in [-0.1, -0.05) is 13.3 Å². The lowest BCUT2D eigenvalue weighted by molar-refractivity contribution is -0.142. The zero-order valence-electron chi connectivity index (χ0n) is 14.2. The van der Waals surface area contributed by atoms with Crippen LogP contribution in [0.2, 0.25) is 0 Å². The van der Waals surface area contributed by atoms with Crippen LogP contribution >= 0.6 is 0 Å². The summed E-state index contributed by atoms with van der Waals surface area (Å²) in [5, 5.41) is 21.8. The smallest absolute Gasteiger partial charge is 0.326 e. The molecule has 2 unspecified atom stereocenters. The first kappa shape index (κ1) is 19.8. The third kappa shape index (κ3) is 5.73. The van der Waals surface area contributed by atoms with Crippen LogP contribution in [-0.4, -0.2) is 42.4 Å². The number of rotatable bonds is 10. The third-order valence-electron chi connectivity index (χ3n) is 3.66. The number of aliphatic hydroxyl groups is 1. The van der Waals surface area contributed by atoms with E-state index in [2.05, 4.69) is 5.32 Å². The first-order chi connectivity index (χ1) is 11.4. The van der Waals surface area contributed by atoms with Crippen molar-refractivity contribution in [3.8, 4) is 11.5 Å². The number of carbonyl (C=O) groups excluding carboxylic acids is 1. The summed E-state index contributed by atoms with van der Waals surface area (Å²) in [7, 11) is 3.02. The molecule has 3 N–H and O–H groups in total. The quantitative estimate of drug-likeness (QED) is 0.601. The number of carboxylic acids is 1. The first-order valence-corrected chi connectivity index (χ1v) is 7.85. The van der Waals surface area contributed by atoms with Crippen LogP contribution in [0.15, 0.2) is 18.2 Å². The minimum Gasteiger partial charge on any atom is -0.497 e. The fourth-order valence-electron chi connectivity index (χ4n) is 2.33. The summed E-state index contributed by atoms with van der Waals surface area (Å²) in [6, 6.07) is 4.13. The number of hydrogen-bond donors (Lipinski definition) is 3. The summed E-state index contributed by atoms with van der Waals surface area (Å²) in [5.74, 6) is -0.383.